The standard InChI is InChI=1S/C19H19N5O4/c1-11(25)17-20-14-5-3-4-6-15(14)24(17)8-7-23-9-12-16(21-22-18(12)26)13(10-23)19(27)28-2/h3-6,9-11,25H,7-8H2,1-2H3,(H,22,26)/t11-/m0/s1. The van der Waals surface area contributed by atoms with Crippen molar-refractivity contribution in [3.63, 3.8) is 0 Å². The fraction of sp³-hybridized carbons (Fsp3) is 0.263. The van der Waals surface area contributed by atoms with Crippen LogP contribution >= 0.6 is 0 Å². The summed E-state index contributed by atoms with van der Waals surface area (Å²) in [5, 5.41) is 16.4. The minimum absolute atomic E-state index is 0.213. The van der Waals surface area contributed by atoms with E-state index in [1.807, 2.05) is 28.8 Å². The van der Waals surface area contributed by atoms with Gasteiger partial charge in [-0.1, -0.05) is 12.1 Å². The molecule has 4 rings (SSSR count). The molecule has 2 N–H and O–H groups in total. The highest BCUT2D eigenvalue weighted by Gasteiger charge is 2.22. The van der Waals surface area contributed by atoms with E-state index >= 15 is 0 Å². The van der Waals surface area contributed by atoms with Gasteiger partial charge in [0.05, 0.1) is 23.7 Å². The van der Waals surface area contributed by atoms with Gasteiger partial charge in [-0.2, -0.15) is 5.10 Å². The minimum atomic E-state index is -0.729. The zero-order valence-electron chi connectivity index (χ0n) is 15.4. The number of imidazole rings is 1. The number of nitrogens with one attached hydrogen (secondary N) is 1. The van der Waals surface area contributed by atoms with Crippen LogP contribution in [0.3, 0.4) is 0 Å². The fourth-order valence-corrected chi connectivity index (χ4v) is 3.34. The van der Waals surface area contributed by atoms with Gasteiger partial charge in [-0.05, 0) is 19.1 Å². The van der Waals surface area contributed by atoms with Crippen molar-refractivity contribution >= 4 is 17.0 Å². The molecule has 0 aliphatic carbocycles. The van der Waals surface area contributed by atoms with Gasteiger partial charge >= 0.3 is 5.97 Å². The fourth-order valence-electron chi connectivity index (χ4n) is 3.34. The quantitative estimate of drug-likeness (QED) is 0.507. The minimum Gasteiger partial charge on any atom is -0.465 e. The molecule has 0 bridgehead atoms. The number of pyridine rings is 1. The third kappa shape index (κ3) is 2.95. The van der Waals surface area contributed by atoms with Crippen LogP contribution in [0.4, 0.5) is 0 Å². The summed E-state index contributed by atoms with van der Waals surface area (Å²) < 4.78 is 8.49. The van der Waals surface area contributed by atoms with Crippen LogP contribution < -0.4 is 5.56 Å². The van der Waals surface area contributed by atoms with Crippen LogP contribution in [-0.4, -0.2) is 42.5 Å². The lowest BCUT2D eigenvalue weighted by Gasteiger charge is -2.15. The normalized spacial score (nSPS) is 12.5. The van der Waals surface area contributed by atoms with E-state index < -0.39 is 12.1 Å². The number of hydrogen-bond acceptors (Lipinski definition) is 6. The monoisotopic (exact) mass is 381 g/mol. The van der Waals surface area contributed by atoms with E-state index in [1.165, 1.54) is 7.11 Å². The van der Waals surface area contributed by atoms with Crippen molar-refractivity contribution in [2.75, 3.05) is 7.11 Å². The summed E-state index contributed by atoms with van der Waals surface area (Å²) in [5.74, 6) is -0.00695. The average Bonchev–Trinajstić information content (AvgIpc) is 3.26. The van der Waals surface area contributed by atoms with E-state index in [1.54, 1.807) is 23.9 Å². The van der Waals surface area contributed by atoms with Crippen LogP contribution in [0.1, 0.15) is 29.2 Å². The largest absolute Gasteiger partial charge is 0.465 e. The van der Waals surface area contributed by atoms with Crippen molar-refractivity contribution in [3.05, 3.63) is 58.4 Å². The number of aliphatic hydroxyl groups excluding tert-OH is 1. The molecule has 1 atom stereocenters. The first kappa shape index (κ1) is 17.9. The summed E-state index contributed by atoms with van der Waals surface area (Å²) in [6, 6.07) is 7.64. The Kier molecular flexibility index (Phi) is 4.44. The Morgan fingerprint density at radius 3 is 2.82 bits per heavy atom. The summed E-state index contributed by atoms with van der Waals surface area (Å²) in [6.07, 6.45) is 2.53. The highest BCUT2D eigenvalue weighted by Crippen LogP contribution is 2.23. The zero-order chi connectivity index (χ0) is 19.8. The highest BCUT2D eigenvalue weighted by molar-refractivity contribution is 5.95. The Balaban J connectivity index is 1.74. The second-order valence-electron chi connectivity index (χ2n) is 6.50. The van der Waals surface area contributed by atoms with Crippen LogP contribution in [0.25, 0.3) is 22.3 Å². The van der Waals surface area contributed by atoms with E-state index in [4.69, 9.17) is 4.74 Å². The van der Waals surface area contributed by atoms with Crippen molar-refractivity contribution in [1.29, 1.82) is 0 Å². The van der Waals surface area contributed by atoms with Gasteiger partial charge in [0.1, 0.15) is 23.2 Å². The molecule has 1 aromatic carbocycles. The third-order valence-corrected chi connectivity index (χ3v) is 4.66. The number of nitrogens with zero attached hydrogens (tertiary/aromatic N) is 4. The Hall–Kier alpha value is -3.46. The summed E-state index contributed by atoms with van der Waals surface area (Å²) >= 11 is 0. The number of rotatable bonds is 5. The number of carbonyl (C=O) groups excluding carboxylic acids is 1. The zero-order valence-corrected chi connectivity index (χ0v) is 15.4. The van der Waals surface area contributed by atoms with Gasteiger partial charge in [0.25, 0.3) is 5.56 Å². The van der Waals surface area contributed by atoms with Crippen LogP contribution in [-0.2, 0) is 17.8 Å². The number of ether oxygens (including phenoxy) is 1. The molecule has 9 nitrogen and oxygen atoms in total. The highest BCUT2D eigenvalue weighted by atomic mass is 16.5. The van der Waals surface area contributed by atoms with E-state index in [9.17, 15) is 14.7 Å². The molecule has 144 valence electrons. The number of carbonyl (C=O) groups is 1. The molecule has 0 saturated heterocycles. The molecular weight excluding hydrogens is 362 g/mol. The predicted octanol–water partition coefficient (Wildman–Crippen LogP) is 1.57. The summed E-state index contributed by atoms with van der Waals surface area (Å²) in [7, 11) is 1.28. The summed E-state index contributed by atoms with van der Waals surface area (Å²) in [5.41, 5.74) is 2.14. The van der Waals surface area contributed by atoms with Gasteiger partial charge in [0.2, 0.25) is 0 Å². The van der Waals surface area contributed by atoms with Crippen molar-refractivity contribution in [2.45, 2.75) is 26.1 Å². The van der Waals surface area contributed by atoms with E-state index in [0.29, 0.717) is 24.5 Å². The molecule has 28 heavy (non-hydrogen) atoms. The number of benzene rings is 1. The Morgan fingerprint density at radius 1 is 1.29 bits per heavy atom. The Labute approximate surface area is 159 Å². The molecule has 9 heteroatoms. The smallest absolute Gasteiger partial charge is 0.341 e. The van der Waals surface area contributed by atoms with E-state index in [2.05, 4.69) is 15.2 Å². The molecule has 0 amide bonds. The number of H-pyrrole nitrogens is 1. The Morgan fingerprint density at radius 2 is 2.07 bits per heavy atom. The molecule has 0 fully saturated rings. The summed E-state index contributed by atoms with van der Waals surface area (Å²) in [6.45, 7) is 2.61. The first-order chi connectivity index (χ1) is 13.5. The van der Waals surface area contributed by atoms with Gasteiger partial charge in [0, 0.05) is 25.5 Å². The van der Waals surface area contributed by atoms with E-state index in [0.717, 1.165) is 11.0 Å². The summed E-state index contributed by atoms with van der Waals surface area (Å²) in [4.78, 5) is 28.6. The maximum Gasteiger partial charge on any atom is 0.341 e. The maximum absolute atomic E-state index is 12.1. The molecule has 0 saturated carbocycles. The molecule has 3 heterocycles. The molecule has 0 spiro atoms. The van der Waals surface area contributed by atoms with Crippen molar-refractivity contribution < 1.29 is 14.6 Å². The molecule has 2 aliphatic heterocycles. The number of fused-ring (bicyclic) bond motifs is 2. The first-order valence-corrected chi connectivity index (χ1v) is 8.79. The van der Waals surface area contributed by atoms with Gasteiger partial charge < -0.3 is 19.0 Å². The molecule has 0 unspecified atom stereocenters. The Bertz CT molecular complexity index is 1190. The van der Waals surface area contributed by atoms with Gasteiger partial charge in [-0.3, -0.25) is 4.79 Å². The van der Waals surface area contributed by atoms with Crippen molar-refractivity contribution in [1.82, 2.24) is 24.3 Å². The van der Waals surface area contributed by atoms with E-state index in [-0.39, 0.29) is 16.8 Å². The average molecular weight is 381 g/mol. The predicted molar refractivity (Wildman–Crippen MR) is 101 cm³/mol. The van der Waals surface area contributed by atoms with Gasteiger partial charge in [0.15, 0.2) is 0 Å². The molecule has 2 aliphatic rings. The second kappa shape index (κ2) is 6.93. The van der Waals surface area contributed by atoms with Crippen molar-refractivity contribution in [2.24, 2.45) is 0 Å². The van der Waals surface area contributed by atoms with Crippen LogP contribution in [0, 0.1) is 0 Å². The van der Waals surface area contributed by atoms with Gasteiger partial charge in [-0.15, -0.1) is 0 Å². The SMILES string of the molecule is COC(=O)c1cn(CCn2c([C@H](C)O)nc3ccccc32)cc2c(=O)[nH]nc1-2. The lowest BCUT2D eigenvalue weighted by Crippen LogP contribution is -2.15. The third-order valence-electron chi connectivity index (χ3n) is 4.66. The number of para-hydroxylation sites is 2. The first-order valence-electron chi connectivity index (χ1n) is 8.79. The number of esters is 1. The van der Waals surface area contributed by atoms with Gasteiger partial charge in [-0.25, -0.2) is 14.9 Å². The number of hydrogen-bond donors (Lipinski definition) is 2. The number of aromatic nitrogens is 5. The molecule has 0 radical (unpaired) electrons. The molecule has 1 aromatic heterocycles. The number of aliphatic hydroxyl groups is 1. The number of methoxy groups -OCH3 is 1. The maximum atomic E-state index is 12.1. The molecule has 2 aromatic rings. The lowest BCUT2D eigenvalue weighted by molar-refractivity contribution is 0.0600. The second-order valence-corrected chi connectivity index (χ2v) is 6.50. The van der Waals surface area contributed by atoms with Crippen LogP contribution in [0.15, 0.2) is 41.5 Å². The van der Waals surface area contributed by atoms with Crippen LogP contribution in [0.5, 0.6) is 0 Å². The topological polar surface area (TPSA) is 115 Å². The lowest BCUT2D eigenvalue weighted by atomic mass is 10.1. The van der Waals surface area contributed by atoms with Crippen molar-refractivity contribution in [3.8, 4) is 11.3 Å². The number of aryl methyl sites for hydroxylation is 2. The number of aromatic amines is 1. The molecular formula is C19H19N5O4. The van der Waals surface area contributed by atoms with Crippen LogP contribution in [0.2, 0.25) is 0 Å².